The van der Waals surface area contributed by atoms with E-state index < -0.39 is 17.9 Å². The lowest BCUT2D eigenvalue weighted by Crippen LogP contribution is -2.49. The highest BCUT2D eigenvalue weighted by Crippen LogP contribution is 2.18. The van der Waals surface area contributed by atoms with Crippen molar-refractivity contribution in [2.45, 2.75) is 105 Å². The van der Waals surface area contributed by atoms with E-state index in [-0.39, 0.29) is 0 Å². The predicted molar refractivity (Wildman–Crippen MR) is 99.9 cm³/mol. The van der Waals surface area contributed by atoms with Crippen LogP contribution in [0.25, 0.3) is 0 Å². The maximum absolute atomic E-state index is 2.80. The molecule has 0 heterocycles. The Hall–Kier alpha value is 0.354. The summed E-state index contributed by atoms with van der Waals surface area (Å²) in [6, 6.07) is 5.80. The predicted octanol–water partition coefficient (Wildman–Crippen LogP) is 3.93. The number of hydrogen-bond donors (Lipinski definition) is 0. The molecule has 20 heavy (non-hydrogen) atoms. The van der Waals surface area contributed by atoms with Gasteiger partial charge in [0.1, 0.15) is 17.9 Å². The third-order valence-electron chi connectivity index (χ3n) is 4.41. The van der Waals surface area contributed by atoms with Crippen LogP contribution in [0.5, 0.6) is 0 Å². The minimum absolute atomic E-state index is 0.708. The monoisotopic (exact) mass is 316 g/mol. The fourth-order valence-electron chi connectivity index (χ4n) is 4.01. The van der Waals surface area contributed by atoms with E-state index in [9.17, 15) is 0 Å². The average Bonchev–Trinajstić information content (AvgIpc) is 2.23. The van der Waals surface area contributed by atoms with Crippen molar-refractivity contribution in [3.05, 3.63) is 0 Å². The van der Waals surface area contributed by atoms with Gasteiger partial charge in [0.05, 0.1) is 0 Å². The minimum atomic E-state index is -0.752. The Morgan fingerprint density at radius 1 is 0.550 bits per heavy atom. The first-order valence-corrected chi connectivity index (χ1v) is 13.6. The highest BCUT2D eigenvalue weighted by molar-refractivity contribution is 6.60. The SMILES string of the molecule is CC(C)N(C(C)C)[SiH](C)CC[SiH](C)N(C(C)C)C(C)C. The van der Waals surface area contributed by atoms with Gasteiger partial charge in [0.2, 0.25) is 0 Å². The molecule has 0 saturated heterocycles. The standard InChI is InChI=1S/C16H40N2Si2/c1-13(2)17(14(3)4)19(9)11-12-20(10)18(15(5)6)16(7)8/h13-16,19-20H,11-12H2,1-10H3. The van der Waals surface area contributed by atoms with Crippen molar-refractivity contribution < 1.29 is 0 Å². The molecular formula is C16H40N2Si2. The van der Waals surface area contributed by atoms with Gasteiger partial charge in [-0.2, -0.15) is 0 Å². The Kier molecular flexibility index (Phi) is 9.55. The summed E-state index contributed by atoms with van der Waals surface area (Å²) in [4.78, 5) is 0. The van der Waals surface area contributed by atoms with E-state index in [1.807, 2.05) is 0 Å². The lowest BCUT2D eigenvalue weighted by atomic mass is 10.3. The molecule has 0 aliphatic rings. The summed E-state index contributed by atoms with van der Waals surface area (Å²) in [6.45, 7) is 24.0. The van der Waals surface area contributed by atoms with Gasteiger partial charge in [-0.05, 0) is 36.3 Å². The van der Waals surface area contributed by atoms with Gasteiger partial charge in [-0.1, -0.05) is 68.5 Å². The third-order valence-corrected chi connectivity index (χ3v) is 11.8. The van der Waals surface area contributed by atoms with E-state index in [1.165, 1.54) is 12.1 Å². The highest BCUT2D eigenvalue weighted by Gasteiger charge is 2.25. The Labute approximate surface area is 132 Å². The molecule has 0 bridgehead atoms. The summed E-state index contributed by atoms with van der Waals surface area (Å²) >= 11 is 0. The number of rotatable bonds is 9. The summed E-state index contributed by atoms with van der Waals surface area (Å²) < 4.78 is 5.60. The molecule has 4 heteroatoms. The van der Waals surface area contributed by atoms with Crippen LogP contribution in [-0.4, -0.2) is 51.2 Å². The van der Waals surface area contributed by atoms with Gasteiger partial charge in [-0.3, -0.25) is 0 Å². The molecule has 0 spiro atoms. The van der Waals surface area contributed by atoms with Crippen molar-refractivity contribution in [3.63, 3.8) is 0 Å². The van der Waals surface area contributed by atoms with Gasteiger partial charge in [0.25, 0.3) is 0 Å². The minimum Gasteiger partial charge on any atom is -0.322 e. The molecule has 0 amide bonds. The number of hydrogen-bond acceptors (Lipinski definition) is 2. The van der Waals surface area contributed by atoms with Crippen LogP contribution in [0.15, 0.2) is 0 Å². The number of nitrogens with zero attached hydrogens (tertiary/aromatic N) is 2. The quantitative estimate of drug-likeness (QED) is 0.595. The molecule has 0 rings (SSSR count). The van der Waals surface area contributed by atoms with Crippen LogP contribution in [0.1, 0.15) is 55.4 Å². The molecule has 0 fully saturated rings. The van der Waals surface area contributed by atoms with Crippen LogP contribution in [-0.2, 0) is 0 Å². The smallest absolute Gasteiger partial charge is 0.109 e. The summed E-state index contributed by atoms with van der Waals surface area (Å²) in [5.41, 5.74) is 0. The fourth-order valence-corrected chi connectivity index (χ4v) is 12.5. The summed E-state index contributed by atoms with van der Waals surface area (Å²) in [7, 11) is -1.50. The lowest BCUT2D eigenvalue weighted by Gasteiger charge is -2.39. The molecule has 0 N–H and O–H groups in total. The highest BCUT2D eigenvalue weighted by atomic mass is 28.3. The van der Waals surface area contributed by atoms with E-state index in [0.717, 1.165) is 0 Å². The van der Waals surface area contributed by atoms with Gasteiger partial charge in [0.15, 0.2) is 0 Å². The van der Waals surface area contributed by atoms with Crippen molar-refractivity contribution in [1.29, 1.82) is 0 Å². The van der Waals surface area contributed by atoms with Crippen molar-refractivity contribution >= 4 is 17.9 Å². The molecule has 2 unspecified atom stereocenters. The molecule has 0 aliphatic heterocycles. The Morgan fingerprint density at radius 3 is 0.900 bits per heavy atom. The van der Waals surface area contributed by atoms with Crippen molar-refractivity contribution in [1.82, 2.24) is 9.13 Å². The third kappa shape index (κ3) is 6.41. The van der Waals surface area contributed by atoms with Crippen molar-refractivity contribution in [2.75, 3.05) is 0 Å². The largest absolute Gasteiger partial charge is 0.322 e. The first-order chi connectivity index (χ1) is 9.09. The second kappa shape index (κ2) is 9.39. The molecule has 122 valence electrons. The summed E-state index contributed by atoms with van der Waals surface area (Å²) in [5.74, 6) is 0. The Morgan fingerprint density at radius 2 is 0.750 bits per heavy atom. The van der Waals surface area contributed by atoms with E-state index in [4.69, 9.17) is 0 Å². The van der Waals surface area contributed by atoms with Crippen LogP contribution in [0.2, 0.25) is 25.2 Å². The van der Waals surface area contributed by atoms with Crippen molar-refractivity contribution in [2.24, 2.45) is 0 Å². The van der Waals surface area contributed by atoms with Gasteiger partial charge < -0.3 is 9.13 Å². The van der Waals surface area contributed by atoms with E-state index in [0.29, 0.717) is 24.2 Å². The topological polar surface area (TPSA) is 6.48 Å². The lowest BCUT2D eigenvalue weighted by molar-refractivity contribution is 0.299. The normalized spacial score (nSPS) is 16.2. The molecule has 2 nitrogen and oxygen atoms in total. The molecule has 0 aromatic heterocycles. The molecule has 0 radical (unpaired) electrons. The van der Waals surface area contributed by atoms with Crippen molar-refractivity contribution in [3.8, 4) is 0 Å². The van der Waals surface area contributed by atoms with Gasteiger partial charge in [-0.15, -0.1) is 0 Å². The average molecular weight is 317 g/mol. The zero-order valence-electron chi connectivity index (χ0n) is 15.8. The maximum Gasteiger partial charge on any atom is 0.109 e. The zero-order valence-corrected chi connectivity index (χ0v) is 18.1. The first-order valence-electron chi connectivity index (χ1n) is 8.64. The molecule has 0 aromatic rings. The van der Waals surface area contributed by atoms with Crippen LogP contribution < -0.4 is 0 Å². The maximum atomic E-state index is 2.80. The second-order valence-electron chi connectivity index (χ2n) is 7.54. The molecule has 0 aromatic carbocycles. The Balaban J connectivity index is 4.52. The first kappa shape index (κ1) is 20.4. The summed E-state index contributed by atoms with van der Waals surface area (Å²) in [6.07, 6.45) is 0. The van der Waals surface area contributed by atoms with E-state index in [2.05, 4.69) is 77.6 Å². The van der Waals surface area contributed by atoms with Crippen LogP contribution in [0.3, 0.4) is 0 Å². The second-order valence-corrected chi connectivity index (χ2v) is 13.3. The molecule has 0 aliphatic carbocycles. The fraction of sp³-hybridized carbons (Fsp3) is 1.00. The molecule has 0 saturated carbocycles. The van der Waals surface area contributed by atoms with E-state index >= 15 is 0 Å². The van der Waals surface area contributed by atoms with Crippen LogP contribution in [0.4, 0.5) is 0 Å². The van der Waals surface area contributed by atoms with Gasteiger partial charge in [-0.25, -0.2) is 0 Å². The van der Waals surface area contributed by atoms with Crippen LogP contribution >= 0.6 is 0 Å². The molecule has 2 atom stereocenters. The van der Waals surface area contributed by atoms with Gasteiger partial charge in [0, 0.05) is 0 Å². The zero-order chi connectivity index (χ0) is 16.0. The van der Waals surface area contributed by atoms with E-state index in [1.54, 1.807) is 0 Å². The molecular weight excluding hydrogens is 276 g/mol. The van der Waals surface area contributed by atoms with Gasteiger partial charge >= 0.3 is 0 Å². The summed E-state index contributed by atoms with van der Waals surface area (Å²) in [5, 5.41) is 0. The van der Waals surface area contributed by atoms with Crippen LogP contribution in [0, 0.1) is 0 Å². The Bertz CT molecular complexity index is 213.